The smallest absolute Gasteiger partial charge is 0.413 e. The van der Waals surface area contributed by atoms with Gasteiger partial charge in [-0.25, -0.2) is 24.2 Å². The van der Waals surface area contributed by atoms with Crippen LogP contribution < -0.4 is 10.6 Å². The third-order valence-electron chi connectivity index (χ3n) is 15.2. The highest BCUT2D eigenvalue weighted by Gasteiger charge is 2.58. The Morgan fingerprint density at radius 2 is 1.12 bits per heavy atom. The summed E-state index contributed by atoms with van der Waals surface area (Å²) >= 11 is 3.54. The van der Waals surface area contributed by atoms with Crippen molar-refractivity contribution < 1.29 is 37.7 Å². The van der Waals surface area contributed by atoms with Gasteiger partial charge in [0, 0.05) is 27.0 Å². The van der Waals surface area contributed by atoms with Crippen molar-refractivity contribution in [3.63, 3.8) is 0 Å². The van der Waals surface area contributed by atoms with Gasteiger partial charge in [-0.1, -0.05) is 260 Å². The average molecular weight is 1280 g/mol. The summed E-state index contributed by atoms with van der Waals surface area (Å²) in [5.74, 6) is -2.67. The van der Waals surface area contributed by atoms with E-state index in [0.29, 0.717) is 37.9 Å². The maximum absolute atomic E-state index is 15.3. The van der Waals surface area contributed by atoms with Crippen molar-refractivity contribution in [2.75, 3.05) is 16.2 Å². The second kappa shape index (κ2) is 27.2. The SMILES string of the molecule is CC(C)(C)OC(=O)Nc1nc(/C(=N/OC(c2ccccc2)(c2ccccc2)c2ccccc2)C(=O)N[C@@H]2C(=O)N3C(C(=O)OC(c4ccccc4)c4ccccc4)=C(SCSc4ncn(C(c5ccccc5)(c5ccccc5)c5ccccc5)n4)CS(=O)[C@H]23)cs1. The van der Waals surface area contributed by atoms with Crippen molar-refractivity contribution >= 4 is 80.4 Å². The normalized spacial score (nSPS) is 15.9. The number of β-lactam (4-membered cyclic amide) rings is 1. The lowest BCUT2D eigenvalue weighted by molar-refractivity contribution is -0.154. The van der Waals surface area contributed by atoms with Crippen LogP contribution in [0.1, 0.15) is 77.1 Å². The van der Waals surface area contributed by atoms with E-state index < -0.39 is 68.9 Å². The first-order valence-electron chi connectivity index (χ1n) is 29.1. The number of hydrogen-bond acceptors (Lipinski definition) is 15. The van der Waals surface area contributed by atoms with E-state index in [-0.39, 0.29) is 33.1 Å². The van der Waals surface area contributed by atoms with Crippen LogP contribution in [0.25, 0.3) is 0 Å². The Balaban J connectivity index is 0.887. The number of esters is 1. The molecule has 0 saturated carbocycles. The lowest BCUT2D eigenvalue weighted by Crippen LogP contribution is -2.74. The number of anilines is 1. The number of benzene rings is 8. The molecule has 1 fully saturated rings. The summed E-state index contributed by atoms with van der Waals surface area (Å²) in [5.41, 5.74) is 2.54. The zero-order valence-corrected chi connectivity index (χ0v) is 52.7. The molecule has 2 aromatic heterocycles. The average Bonchev–Trinajstić information content (AvgIpc) is 1.40. The Labute approximate surface area is 541 Å². The maximum Gasteiger partial charge on any atom is 0.413 e. The molecule has 0 radical (unpaired) electrons. The summed E-state index contributed by atoms with van der Waals surface area (Å²) in [6, 6.07) is 75.6. The number of rotatable bonds is 21. The van der Waals surface area contributed by atoms with Gasteiger partial charge in [0.25, 0.3) is 11.8 Å². The lowest BCUT2D eigenvalue weighted by Gasteiger charge is -2.49. The molecule has 12 rings (SSSR count). The zero-order valence-electron chi connectivity index (χ0n) is 49.5. The fourth-order valence-corrected chi connectivity index (χ4v) is 15.9. The summed E-state index contributed by atoms with van der Waals surface area (Å²) in [7, 11) is -1.91. The highest BCUT2D eigenvalue weighted by atomic mass is 32.2. The third-order valence-corrected chi connectivity index (χ3v) is 19.8. The number of aromatic nitrogens is 4. The van der Waals surface area contributed by atoms with Crippen LogP contribution in [0.15, 0.2) is 275 Å². The minimum Gasteiger partial charge on any atom is -0.448 e. The van der Waals surface area contributed by atoms with Gasteiger partial charge in [-0.2, -0.15) is 0 Å². The molecule has 3 atom stereocenters. The number of hydrogen-bond donors (Lipinski definition) is 2. The second-order valence-corrected chi connectivity index (χ2v) is 26.9. The number of carbonyl (C=O) groups excluding carboxylic acids is 4. The van der Waals surface area contributed by atoms with Gasteiger partial charge in [0.1, 0.15) is 40.3 Å². The minimum atomic E-state index is -1.91. The Kier molecular flexibility index (Phi) is 18.4. The van der Waals surface area contributed by atoms with E-state index in [1.54, 1.807) is 27.1 Å². The van der Waals surface area contributed by atoms with Crippen LogP contribution in [0.2, 0.25) is 0 Å². The number of nitrogens with zero attached hydrogens (tertiary/aromatic N) is 6. The van der Waals surface area contributed by atoms with E-state index in [1.165, 1.54) is 33.8 Å². The Morgan fingerprint density at radius 3 is 1.59 bits per heavy atom. The third kappa shape index (κ3) is 12.9. The number of thioether (sulfide) groups is 2. The van der Waals surface area contributed by atoms with Crippen LogP contribution in [-0.4, -0.2) is 86.3 Å². The molecule has 8 aromatic carbocycles. The van der Waals surface area contributed by atoms with Crippen LogP contribution in [-0.2, 0) is 50.6 Å². The molecule has 2 N–H and O–H groups in total. The number of nitrogens with one attached hydrogen (secondary N) is 2. The van der Waals surface area contributed by atoms with Crippen LogP contribution in [0.3, 0.4) is 0 Å². The van der Waals surface area contributed by atoms with E-state index in [1.807, 2.05) is 211 Å². The number of amides is 3. The van der Waals surface area contributed by atoms with Crippen molar-refractivity contribution in [2.45, 2.75) is 60.2 Å². The number of carbonyl (C=O) groups is 4. The van der Waals surface area contributed by atoms with E-state index in [9.17, 15) is 9.00 Å². The van der Waals surface area contributed by atoms with Gasteiger partial charge in [0.2, 0.25) is 10.8 Å². The summed E-state index contributed by atoms with van der Waals surface area (Å²) in [4.78, 5) is 76.5. The molecule has 2 aliphatic rings. The van der Waals surface area contributed by atoms with Gasteiger partial charge < -0.3 is 19.6 Å². The summed E-state index contributed by atoms with van der Waals surface area (Å²) < 4.78 is 28.8. The van der Waals surface area contributed by atoms with Crippen molar-refractivity contribution in [1.29, 1.82) is 0 Å². The molecule has 0 aliphatic carbocycles. The standard InChI is InChI=1S/C71H60N8O8S4/c1-69(2,3)86-68(83)75-67-73-56(44-88-67)58(77-87-71(53-38-22-9-23-39-53,54-40-24-10-25-41-54)55-42-26-11-27-43-55)62(80)74-59-63(81)79-60(65(82)85-61(48-28-12-4-13-29-48)49-30-14-5-15-31-49)57(45-91(84)64(59)79)89-47-90-66-72-46-78(76-66)70(50-32-16-6-17-33-50,51-34-18-7-19-35-51)52-36-20-8-21-37-52/h4-44,46,59,61,64H,45,47H2,1-3H3,(H,74,80)(H,73,75,83)/b77-58-/t59-,64-,91?/m1/s1. The van der Waals surface area contributed by atoms with Crippen molar-refractivity contribution in [1.82, 2.24) is 30.0 Å². The fraction of sp³-hybridized carbons (Fsp3) is 0.155. The van der Waals surface area contributed by atoms with Gasteiger partial charge in [-0.15, -0.1) is 28.2 Å². The molecule has 10 aromatic rings. The highest BCUT2D eigenvalue weighted by molar-refractivity contribution is 8.18. The molecule has 91 heavy (non-hydrogen) atoms. The van der Waals surface area contributed by atoms with Crippen molar-refractivity contribution in [3.05, 3.63) is 315 Å². The molecule has 20 heteroatoms. The predicted molar refractivity (Wildman–Crippen MR) is 355 cm³/mol. The Hall–Kier alpha value is -9.73. The summed E-state index contributed by atoms with van der Waals surface area (Å²) in [6.45, 7) is 5.18. The van der Waals surface area contributed by atoms with E-state index in [0.717, 1.165) is 28.0 Å². The van der Waals surface area contributed by atoms with E-state index in [2.05, 4.69) is 57.2 Å². The Bertz CT molecular complexity index is 4040. The predicted octanol–water partition coefficient (Wildman–Crippen LogP) is 13.1. The molecule has 456 valence electrons. The largest absolute Gasteiger partial charge is 0.448 e. The zero-order chi connectivity index (χ0) is 63.0. The molecule has 0 bridgehead atoms. The van der Waals surface area contributed by atoms with Crippen LogP contribution in [0.5, 0.6) is 0 Å². The first-order chi connectivity index (χ1) is 44.3. The van der Waals surface area contributed by atoms with Gasteiger partial charge in [0.15, 0.2) is 16.9 Å². The number of thiazole rings is 1. The molecular formula is C71H60N8O8S4. The van der Waals surface area contributed by atoms with E-state index in [4.69, 9.17) is 24.4 Å². The maximum atomic E-state index is 15.3. The van der Waals surface area contributed by atoms with E-state index >= 15 is 14.4 Å². The second-order valence-electron chi connectivity index (χ2n) is 22.1. The van der Waals surface area contributed by atoms with Gasteiger partial charge >= 0.3 is 12.1 Å². The monoisotopic (exact) mass is 1280 g/mol. The summed E-state index contributed by atoms with van der Waals surface area (Å²) in [6.07, 6.45) is 0.0292. The van der Waals surface area contributed by atoms with Gasteiger partial charge in [-0.3, -0.25) is 24.0 Å². The molecule has 1 unspecified atom stereocenters. The molecule has 2 aliphatic heterocycles. The first-order valence-corrected chi connectivity index (χ1v) is 33.3. The minimum absolute atomic E-state index is 0.0246. The molecule has 16 nitrogen and oxygen atoms in total. The molecular weight excluding hydrogens is 1220 g/mol. The number of ether oxygens (including phenoxy) is 2. The topological polar surface area (TPSA) is 196 Å². The molecule has 3 amide bonds. The van der Waals surface area contributed by atoms with Gasteiger partial charge in [0.05, 0.1) is 21.6 Å². The lowest BCUT2D eigenvalue weighted by atomic mass is 9.77. The van der Waals surface area contributed by atoms with Gasteiger partial charge in [-0.05, 0) is 48.6 Å². The Morgan fingerprint density at radius 1 is 0.659 bits per heavy atom. The quantitative estimate of drug-likeness (QED) is 0.0131. The van der Waals surface area contributed by atoms with Crippen molar-refractivity contribution in [2.24, 2.45) is 5.16 Å². The molecule has 1 saturated heterocycles. The molecule has 0 spiro atoms. The molecule has 4 heterocycles. The number of fused-ring (bicyclic) bond motifs is 1. The fourth-order valence-electron chi connectivity index (χ4n) is 11.2. The number of oxime groups is 1. The van der Waals surface area contributed by atoms with Crippen LogP contribution in [0, 0.1) is 0 Å². The van der Waals surface area contributed by atoms with Crippen LogP contribution in [0.4, 0.5) is 9.93 Å². The first kappa shape index (κ1) is 61.5. The van der Waals surface area contributed by atoms with Crippen molar-refractivity contribution in [3.8, 4) is 0 Å². The van der Waals surface area contributed by atoms with Crippen LogP contribution >= 0.6 is 34.9 Å². The highest BCUT2D eigenvalue weighted by Crippen LogP contribution is 2.45. The summed E-state index contributed by atoms with van der Waals surface area (Å²) in [5, 5.41) is 16.3.